The number of tetrazole rings is 1. The third-order valence-electron chi connectivity index (χ3n) is 3.16. The van der Waals surface area contributed by atoms with Crippen LogP contribution in [0.3, 0.4) is 0 Å². The molecule has 1 heterocycles. The number of carbonyl (C=O) groups excluding carboxylic acids is 1. The van der Waals surface area contributed by atoms with Gasteiger partial charge in [0.05, 0.1) is 7.11 Å². The summed E-state index contributed by atoms with van der Waals surface area (Å²) in [5.74, 6) is 1.04. The van der Waals surface area contributed by atoms with Crippen LogP contribution < -0.4 is 4.74 Å². The maximum Gasteiger partial charge on any atom is 0.204 e. The molecule has 0 spiro atoms. The molecule has 0 N–H and O–H groups in total. The Labute approximate surface area is 127 Å². The zero-order valence-corrected chi connectivity index (χ0v) is 12.0. The Morgan fingerprint density at radius 2 is 1.95 bits per heavy atom. The minimum atomic E-state index is -0.101. The van der Waals surface area contributed by atoms with Crippen molar-refractivity contribution in [2.24, 2.45) is 0 Å². The van der Waals surface area contributed by atoms with E-state index in [9.17, 15) is 4.79 Å². The molecule has 3 rings (SSSR count). The molecule has 0 saturated carbocycles. The second kappa shape index (κ2) is 6.17. The van der Waals surface area contributed by atoms with Crippen LogP contribution in [0.2, 0.25) is 0 Å². The quantitative estimate of drug-likeness (QED) is 0.675. The number of Topliss-reactive ketones (excluding diaryl/α,β-unsaturated/α-hetero) is 1. The van der Waals surface area contributed by atoms with Crippen molar-refractivity contribution in [2.75, 3.05) is 7.11 Å². The lowest BCUT2D eigenvalue weighted by atomic mass is 10.1. The normalized spacial score (nSPS) is 10.4. The molecule has 0 atom stereocenters. The second-order valence-corrected chi connectivity index (χ2v) is 4.66. The van der Waals surface area contributed by atoms with E-state index in [1.165, 1.54) is 4.80 Å². The number of ketones is 1. The maximum absolute atomic E-state index is 12.2. The Hall–Kier alpha value is -3.02. The first kappa shape index (κ1) is 13.9. The summed E-state index contributed by atoms with van der Waals surface area (Å²) in [7, 11) is 1.56. The van der Waals surface area contributed by atoms with Crippen molar-refractivity contribution in [1.29, 1.82) is 0 Å². The van der Waals surface area contributed by atoms with Crippen molar-refractivity contribution in [3.05, 3.63) is 60.2 Å². The SMILES string of the molecule is COc1cccc(C(=O)Cn2nnc(-c3ccccc3)n2)c1. The number of rotatable bonds is 5. The number of methoxy groups -OCH3 is 1. The van der Waals surface area contributed by atoms with E-state index in [1.54, 1.807) is 31.4 Å². The van der Waals surface area contributed by atoms with E-state index in [2.05, 4.69) is 15.4 Å². The van der Waals surface area contributed by atoms with Crippen molar-refractivity contribution in [1.82, 2.24) is 20.2 Å². The van der Waals surface area contributed by atoms with Gasteiger partial charge < -0.3 is 4.74 Å². The number of carbonyl (C=O) groups is 1. The summed E-state index contributed by atoms with van der Waals surface area (Å²) >= 11 is 0. The Morgan fingerprint density at radius 1 is 1.14 bits per heavy atom. The van der Waals surface area contributed by atoms with Gasteiger partial charge >= 0.3 is 0 Å². The fraction of sp³-hybridized carbons (Fsp3) is 0.125. The molecular weight excluding hydrogens is 280 g/mol. The van der Waals surface area contributed by atoms with Crippen LogP contribution >= 0.6 is 0 Å². The van der Waals surface area contributed by atoms with Crippen LogP contribution in [0.25, 0.3) is 11.4 Å². The molecular formula is C16H14N4O2. The van der Waals surface area contributed by atoms with E-state index in [1.807, 2.05) is 30.3 Å². The Balaban J connectivity index is 1.76. The van der Waals surface area contributed by atoms with Crippen LogP contribution in [-0.2, 0) is 6.54 Å². The lowest BCUT2D eigenvalue weighted by molar-refractivity contribution is 0.0961. The van der Waals surface area contributed by atoms with Gasteiger partial charge in [0.15, 0.2) is 5.78 Å². The van der Waals surface area contributed by atoms with E-state index in [0.717, 1.165) is 5.56 Å². The molecule has 6 nitrogen and oxygen atoms in total. The Kier molecular flexibility index (Phi) is 3.91. The predicted octanol–water partition coefficient (Wildman–Crippen LogP) is 2.23. The number of aromatic nitrogens is 4. The zero-order chi connectivity index (χ0) is 15.4. The fourth-order valence-electron chi connectivity index (χ4n) is 2.03. The van der Waals surface area contributed by atoms with Gasteiger partial charge in [-0.25, -0.2) is 0 Å². The molecule has 0 aliphatic heterocycles. The van der Waals surface area contributed by atoms with Crippen LogP contribution in [0.4, 0.5) is 0 Å². The summed E-state index contributed by atoms with van der Waals surface area (Å²) in [6.07, 6.45) is 0. The summed E-state index contributed by atoms with van der Waals surface area (Å²) in [4.78, 5) is 13.5. The zero-order valence-electron chi connectivity index (χ0n) is 12.0. The van der Waals surface area contributed by atoms with Gasteiger partial charge in [-0.3, -0.25) is 4.79 Å². The maximum atomic E-state index is 12.2. The monoisotopic (exact) mass is 294 g/mol. The first-order valence-electron chi connectivity index (χ1n) is 6.77. The fourth-order valence-corrected chi connectivity index (χ4v) is 2.03. The average molecular weight is 294 g/mol. The van der Waals surface area contributed by atoms with E-state index in [4.69, 9.17) is 4.74 Å². The number of hydrogen-bond donors (Lipinski definition) is 0. The third-order valence-corrected chi connectivity index (χ3v) is 3.16. The van der Waals surface area contributed by atoms with Crippen LogP contribution in [0.1, 0.15) is 10.4 Å². The van der Waals surface area contributed by atoms with Crippen molar-refractivity contribution in [3.63, 3.8) is 0 Å². The highest BCUT2D eigenvalue weighted by Gasteiger charge is 2.11. The van der Waals surface area contributed by atoms with Gasteiger partial charge in [-0.1, -0.05) is 42.5 Å². The molecule has 0 aliphatic rings. The van der Waals surface area contributed by atoms with Crippen molar-refractivity contribution >= 4 is 5.78 Å². The van der Waals surface area contributed by atoms with Crippen LogP contribution in [0.5, 0.6) is 5.75 Å². The van der Waals surface area contributed by atoms with Gasteiger partial charge in [0.2, 0.25) is 5.82 Å². The molecule has 0 fully saturated rings. The summed E-state index contributed by atoms with van der Waals surface area (Å²) < 4.78 is 5.11. The topological polar surface area (TPSA) is 69.9 Å². The Morgan fingerprint density at radius 3 is 2.73 bits per heavy atom. The number of benzene rings is 2. The number of hydrogen-bond acceptors (Lipinski definition) is 5. The van der Waals surface area contributed by atoms with Crippen molar-refractivity contribution in [3.8, 4) is 17.1 Å². The molecule has 2 aromatic carbocycles. The molecule has 0 amide bonds. The van der Waals surface area contributed by atoms with Crippen LogP contribution in [0, 0.1) is 0 Å². The van der Waals surface area contributed by atoms with E-state index < -0.39 is 0 Å². The van der Waals surface area contributed by atoms with Crippen LogP contribution in [0.15, 0.2) is 54.6 Å². The second-order valence-electron chi connectivity index (χ2n) is 4.66. The smallest absolute Gasteiger partial charge is 0.204 e. The first-order chi connectivity index (χ1) is 10.8. The lowest BCUT2D eigenvalue weighted by Gasteiger charge is -2.03. The summed E-state index contributed by atoms with van der Waals surface area (Å²) in [6, 6.07) is 16.5. The van der Waals surface area contributed by atoms with Gasteiger partial charge in [0, 0.05) is 11.1 Å². The van der Waals surface area contributed by atoms with E-state index in [0.29, 0.717) is 17.1 Å². The predicted molar refractivity (Wildman–Crippen MR) is 80.6 cm³/mol. The molecule has 0 saturated heterocycles. The third kappa shape index (κ3) is 3.01. The molecule has 0 unspecified atom stereocenters. The van der Waals surface area contributed by atoms with E-state index in [-0.39, 0.29) is 12.3 Å². The van der Waals surface area contributed by atoms with Crippen molar-refractivity contribution < 1.29 is 9.53 Å². The standard InChI is InChI=1S/C16H14N4O2/c1-22-14-9-5-8-13(10-14)15(21)11-20-18-16(17-19-20)12-6-3-2-4-7-12/h2-10H,11H2,1H3. The summed E-state index contributed by atoms with van der Waals surface area (Å²) in [5.41, 5.74) is 1.42. The highest BCUT2D eigenvalue weighted by molar-refractivity contribution is 5.96. The molecule has 0 bridgehead atoms. The highest BCUT2D eigenvalue weighted by Crippen LogP contribution is 2.14. The molecule has 3 aromatic rings. The van der Waals surface area contributed by atoms with Crippen LogP contribution in [-0.4, -0.2) is 33.1 Å². The van der Waals surface area contributed by atoms with Gasteiger partial charge in [0.1, 0.15) is 12.3 Å². The molecule has 6 heteroatoms. The van der Waals surface area contributed by atoms with Gasteiger partial charge in [-0.15, -0.1) is 10.2 Å². The summed E-state index contributed by atoms with van der Waals surface area (Å²) in [6.45, 7) is 0.0347. The highest BCUT2D eigenvalue weighted by atomic mass is 16.5. The molecule has 0 radical (unpaired) electrons. The minimum Gasteiger partial charge on any atom is -0.497 e. The molecule has 0 aliphatic carbocycles. The minimum absolute atomic E-state index is 0.0347. The molecule has 22 heavy (non-hydrogen) atoms. The summed E-state index contributed by atoms with van der Waals surface area (Å²) in [5, 5.41) is 12.1. The molecule has 110 valence electrons. The number of ether oxygens (including phenoxy) is 1. The largest absolute Gasteiger partial charge is 0.497 e. The average Bonchev–Trinajstić information content (AvgIpc) is 3.04. The van der Waals surface area contributed by atoms with Gasteiger partial charge in [-0.05, 0) is 17.3 Å². The number of nitrogens with zero attached hydrogens (tertiary/aromatic N) is 4. The van der Waals surface area contributed by atoms with Crippen molar-refractivity contribution in [2.45, 2.75) is 6.54 Å². The van der Waals surface area contributed by atoms with E-state index >= 15 is 0 Å². The lowest BCUT2D eigenvalue weighted by Crippen LogP contribution is -2.13. The Bertz CT molecular complexity index is 784. The first-order valence-corrected chi connectivity index (χ1v) is 6.77. The van der Waals surface area contributed by atoms with Gasteiger partial charge in [0.25, 0.3) is 0 Å². The van der Waals surface area contributed by atoms with Gasteiger partial charge in [-0.2, -0.15) is 4.80 Å². The molecule has 1 aromatic heterocycles.